The number of hydrogen-bond donors (Lipinski definition) is 3. The van der Waals surface area contributed by atoms with E-state index in [2.05, 4.69) is 10.6 Å². The van der Waals surface area contributed by atoms with Crippen molar-refractivity contribution in [3.05, 3.63) is 54.1 Å². The number of hydrogen-bond acceptors (Lipinski definition) is 4. The van der Waals surface area contributed by atoms with Crippen LogP contribution in [0.25, 0.3) is 0 Å². The van der Waals surface area contributed by atoms with E-state index in [4.69, 9.17) is 5.73 Å². The Morgan fingerprint density at radius 2 is 1.77 bits per heavy atom. The summed E-state index contributed by atoms with van der Waals surface area (Å²) in [6, 6.07) is 13.9. The van der Waals surface area contributed by atoms with Gasteiger partial charge in [0.25, 0.3) is 5.91 Å². The molecule has 0 radical (unpaired) electrons. The molecule has 0 saturated carbocycles. The summed E-state index contributed by atoms with van der Waals surface area (Å²) in [4.78, 5) is 36.1. The van der Waals surface area contributed by atoms with E-state index in [1.54, 1.807) is 30.3 Å². The van der Waals surface area contributed by atoms with Gasteiger partial charge >= 0.3 is 0 Å². The lowest BCUT2D eigenvalue weighted by Gasteiger charge is -2.09. The highest BCUT2D eigenvalue weighted by Gasteiger charge is 2.11. The smallest absolute Gasteiger partial charge is 0.250 e. The number of benzene rings is 2. The highest BCUT2D eigenvalue weighted by atomic mass is 32.2. The molecule has 7 heteroatoms. The van der Waals surface area contributed by atoms with Gasteiger partial charge in [-0.25, -0.2) is 0 Å². The lowest BCUT2D eigenvalue weighted by atomic mass is 10.1. The number of amides is 3. The third-order valence-corrected chi connectivity index (χ3v) is 4.43. The summed E-state index contributed by atoms with van der Waals surface area (Å²) in [5.41, 5.74) is 6.67. The average molecular weight is 371 g/mol. The first-order valence-electron chi connectivity index (χ1n) is 8.21. The largest absolute Gasteiger partial charge is 0.366 e. The second-order valence-corrected chi connectivity index (χ2v) is 6.62. The van der Waals surface area contributed by atoms with Crippen molar-refractivity contribution in [2.75, 3.05) is 16.4 Å². The molecule has 0 saturated heterocycles. The molecule has 0 spiro atoms. The van der Waals surface area contributed by atoms with Crippen molar-refractivity contribution in [3.8, 4) is 0 Å². The van der Waals surface area contributed by atoms with E-state index in [1.807, 2.05) is 25.1 Å². The molecule has 0 atom stereocenters. The van der Waals surface area contributed by atoms with Gasteiger partial charge in [0, 0.05) is 17.0 Å². The van der Waals surface area contributed by atoms with E-state index in [0.29, 0.717) is 17.8 Å². The standard InChI is InChI=1S/C19H21N3O3S/c1-2-6-17(23)21-13-7-5-8-14(11-13)26-12-18(24)22-16-10-4-3-9-15(16)19(20)25/h3-5,7-11H,2,6,12H2,1H3,(H2,20,25)(H,21,23)(H,22,24). The van der Waals surface area contributed by atoms with Crippen LogP contribution < -0.4 is 16.4 Å². The van der Waals surface area contributed by atoms with Crippen molar-refractivity contribution >= 4 is 40.9 Å². The summed E-state index contributed by atoms with van der Waals surface area (Å²) in [6.45, 7) is 1.95. The second-order valence-electron chi connectivity index (χ2n) is 5.57. The Labute approximate surface area is 156 Å². The van der Waals surface area contributed by atoms with Gasteiger partial charge < -0.3 is 16.4 Å². The van der Waals surface area contributed by atoms with Gasteiger partial charge in [0.15, 0.2) is 0 Å². The van der Waals surface area contributed by atoms with Crippen molar-refractivity contribution in [2.45, 2.75) is 24.7 Å². The quantitative estimate of drug-likeness (QED) is 0.620. The average Bonchev–Trinajstić information content (AvgIpc) is 2.61. The predicted octanol–water partition coefficient (Wildman–Crippen LogP) is 3.25. The number of rotatable bonds is 8. The molecule has 4 N–H and O–H groups in total. The van der Waals surface area contributed by atoms with Crippen LogP contribution in [0.1, 0.15) is 30.1 Å². The molecule has 0 heterocycles. The minimum Gasteiger partial charge on any atom is -0.366 e. The summed E-state index contributed by atoms with van der Waals surface area (Å²) in [6.07, 6.45) is 1.26. The Bertz CT molecular complexity index is 808. The maximum atomic E-state index is 12.2. The summed E-state index contributed by atoms with van der Waals surface area (Å²) >= 11 is 1.34. The fraction of sp³-hybridized carbons (Fsp3) is 0.211. The Hall–Kier alpha value is -2.80. The van der Waals surface area contributed by atoms with Gasteiger partial charge in [0.05, 0.1) is 17.0 Å². The van der Waals surface area contributed by atoms with E-state index in [9.17, 15) is 14.4 Å². The molecule has 0 bridgehead atoms. The molecule has 0 unspecified atom stereocenters. The SMILES string of the molecule is CCCC(=O)Nc1cccc(SCC(=O)Nc2ccccc2C(N)=O)c1. The minimum atomic E-state index is -0.593. The molecular weight excluding hydrogens is 350 g/mol. The van der Waals surface area contributed by atoms with Crippen LogP contribution in [-0.2, 0) is 9.59 Å². The van der Waals surface area contributed by atoms with Crippen LogP contribution in [0.2, 0.25) is 0 Å². The number of carbonyl (C=O) groups is 3. The maximum absolute atomic E-state index is 12.2. The Morgan fingerprint density at radius 1 is 1.00 bits per heavy atom. The maximum Gasteiger partial charge on any atom is 0.250 e. The summed E-state index contributed by atoms with van der Waals surface area (Å²) < 4.78 is 0. The van der Waals surface area contributed by atoms with Gasteiger partial charge in [-0.05, 0) is 36.8 Å². The molecule has 6 nitrogen and oxygen atoms in total. The Morgan fingerprint density at radius 3 is 2.50 bits per heavy atom. The number of carbonyl (C=O) groups excluding carboxylic acids is 3. The zero-order chi connectivity index (χ0) is 18.9. The van der Waals surface area contributed by atoms with E-state index < -0.39 is 5.91 Å². The molecule has 2 aromatic rings. The lowest BCUT2D eigenvalue weighted by Crippen LogP contribution is -2.19. The first-order chi connectivity index (χ1) is 12.5. The number of primary amides is 1. The zero-order valence-corrected chi connectivity index (χ0v) is 15.3. The van der Waals surface area contributed by atoms with Gasteiger partial charge in [0.1, 0.15) is 0 Å². The molecule has 3 amide bonds. The molecule has 0 aliphatic rings. The Kier molecular flexibility index (Phi) is 7.23. The van der Waals surface area contributed by atoms with E-state index >= 15 is 0 Å². The summed E-state index contributed by atoms with van der Waals surface area (Å²) in [5.74, 6) is -0.705. The van der Waals surface area contributed by atoms with Crippen LogP contribution in [0.3, 0.4) is 0 Å². The van der Waals surface area contributed by atoms with Crippen molar-refractivity contribution in [2.24, 2.45) is 5.73 Å². The van der Waals surface area contributed by atoms with Crippen LogP contribution in [-0.4, -0.2) is 23.5 Å². The van der Waals surface area contributed by atoms with Crippen LogP contribution in [0.4, 0.5) is 11.4 Å². The third kappa shape index (κ3) is 5.93. The van der Waals surface area contributed by atoms with Crippen LogP contribution >= 0.6 is 11.8 Å². The van der Waals surface area contributed by atoms with Crippen LogP contribution in [0.15, 0.2) is 53.4 Å². The first kappa shape index (κ1) is 19.5. The zero-order valence-electron chi connectivity index (χ0n) is 14.5. The van der Waals surface area contributed by atoms with E-state index in [0.717, 1.165) is 11.3 Å². The number of thioether (sulfide) groups is 1. The molecule has 0 aromatic heterocycles. The van der Waals surface area contributed by atoms with Gasteiger partial charge in [-0.3, -0.25) is 14.4 Å². The fourth-order valence-corrected chi connectivity index (χ4v) is 3.01. The highest BCUT2D eigenvalue weighted by Crippen LogP contribution is 2.22. The molecule has 0 fully saturated rings. The normalized spacial score (nSPS) is 10.2. The van der Waals surface area contributed by atoms with Crippen molar-refractivity contribution in [3.63, 3.8) is 0 Å². The van der Waals surface area contributed by atoms with Crippen molar-refractivity contribution in [1.29, 1.82) is 0 Å². The number of nitrogens with two attached hydrogens (primary N) is 1. The van der Waals surface area contributed by atoms with E-state index in [1.165, 1.54) is 11.8 Å². The molecule has 26 heavy (non-hydrogen) atoms. The van der Waals surface area contributed by atoms with Crippen LogP contribution in [0.5, 0.6) is 0 Å². The fourth-order valence-electron chi connectivity index (χ4n) is 2.26. The van der Waals surface area contributed by atoms with Gasteiger partial charge in [-0.1, -0.05) is 25.1 Å². The summed E-state index contributed by atoms with van der Waals surface area (Å²) in [5, 5.41) is 5.52. The van der Waals surface area contributed by atoms with Crippen molar-refractivity contribution in [1.82, 2.24) is 0 Å². The van der Waals surface area contributed by atoms with Gasteiger partial charge in [-0.2, -0.15) is 0 Å². The lowest BCUT2D eigenvalue weighted by molar-refractivity contribution is -0.116. The molecule has 136 valence electrons. The van der Waals surface area contributed by atoms with Gasteiger partial charge in [-0.15, -0.1) is 11.8 Å². The number of nitrogens with one attached hydrogen (secondary N) is 2. The molecule has 2 aromatic carbocycles. The predicted molar refractivity (Wildman–Crippen MR) is 104 cm³/mol. The molecular formula is C19H21N3O3S. The van der Waals surface area contributed by atoms with Crippen molar-refractivity contribution < 1.29 is 14.4 Å². The highest BCUT2D eigenvalue weighted by molar-refractivity contribution is 8.00. The van der Waals surface area contributed by atoms with E-state index in [-0.39, 0.29) is 23.1 Å². The topological polar surface area (TPSA) is 101 Å². The Balaban J connectivity index is 1.93. The first-order valence-corrected chi connectivity index (χ1v) is 9.19. The third-order valence-electron chi connectivity index (χ3n) is 3.43. The van der Waals surface area contributed by atoms with Gasteiger partial charge in [0.2, 0.25) is 11.8 Å². The molecule has 0 aliphatic heterocycles. The van der Waals surface area contributed by atoms with Crippen LogP contribution in [0, 0.1) is 0 Å². The monoisotopic (exact) mass is 371 g/mol. The summed E-state index contributed by atoms with van der Waals surface area (Å²) in [7, 11) is 0. The second kappa shape index (κ2) is 9.62. The minimum absolute atomic E-state index is 0.0320. The molecule has 0 aliphatic carbocycles. The number of anilines is 2. The number of para-hydroxylation sites is 1. The molecule has 2 rings (SSSR count).